The van der Waals surface area contributed by atoms with Crippen LogP contribution in [0.5, 0.6) is 0 Å². The molecule has 21 heavy (non-hydrogen) atoms. The van der Waals surface area contributed by atoms with Crippen LogP contribution in [0.15, 0.2) is 53.5 Å². The Morgan fingerprint density at radius 3 is 2.57 bits per heavy atom. The molecule has 1 aromatic heterocycles. The molecule has 1 heterocycles. The number of carbonyl (C=O) groups excluding carboxylic acids is 2. The maximum atomic E-state index is 12.1. The van der Waals surface area contributed by atoms with Crippen molar-refractivity contribution in [3.8, 4) is 0 Å². The van der Waals surface area contributed by atoms with Gasteiger partial charge in [0.2, 0.25) is 11.5 Å². The van der Waals surface area contributed by atoms with E-state index in [0.29, 0.717) is 5.69 Å². The highest BCUT2D eigenvalue weighted by Crippen LogP contribution is 2.05. The van der Waals surface area contributed by atoms with Gasteiger partial charge in [0, 0.05) is 30.6 Å². The third kappa shape index (κ3) is 4.04. The largest absolute Gasteiger partial charge is 0.332 e. The Morgan fingerprint density at radius 2 is 1.90 bits per heavy atom. The quantitative estimate of drug-likeness (QED) is 0.882. The monoisotopic (exact) mass is 285 g/mol. The Bertz CT molecular complexity index is 695. The number of likely N-dealkylation sites (N-methyl/N-ethyl adjacent to an activating group) is 1. The van der Waals surface area contributed by atoms with E-state index in [1.807, 2.05) is 6.07 Å². The van der Waals surface area contributed by atoms with Gasteiger partial charge in [0.15, 0.2) is 0 Å². The number of aromatic amines is 1. The summed E-state index contributed by atoms with van der Waals surface area (Å²) in [5, 5.41) is 2.69. The number of pyridine rings is 1. The maximum absolute atomic E-state index is 12.1. The third-order valence-corrected chi connectivity index (χ3v) is 2.81. The normalized spacial score (nSPS) is 9.95. The lowest BCUT2D eigenvalue weighted by Crippen LogP contribution is -2.35. The van der Waals surface area contributed by atoms with Crippen molar-refractivity contribution < 1.29 is 9.59 Å². The molecule has 2 N–H and O–H groups in total. The number of hydrogen-bond acceptors (Lipinski definition) is 3. The zero-order chi connectivity index (χ0) is 15.2. The molecular formula is C15H15N3O3. The maximum Gasteiger partial charge on any atom is 0.254 e. The van der Waals surface area contributed by atoms with Crippen molar-refractivity contribution in [1.82, 2.24) is 9.88 Å². The van der Waals surface area contributed by atoms with Crippen LogP contribution in [0.4, 0.5) is 5.69 Å². The lowest BCUT2D eigenvalue weighted by molar-refractivity contribution is -0.116. The lowest BCUT2D eigenvalue weighted by atomic mass is 10.2. The van der Waals surface area contributed by atoms with E-state index in [1.165, 1.54) is 30.3 Å². The SMILES string of the molecule is CN(CC(=O)Nc1ccccc1)C(=O)c1cc[nH]c(=O)c1. The van der Waals surface area contributed by atoms with Crippen LogP contribution in [0.25, 0.3) is 0 Å². The zero-order valence-electron chi connectivity index (χ0n) is 11.5. The van der Waals surface area contributed by atoms with Crippen LogP contribution in [0, 0.1) is 0 Å². The van der Waals surface area contributed by atoms with Gasteiger partial charge in [0.05, 0.1) is 6.54 Å². The molecular weight excluding hydrogens is 270 g/mol. The first-order valence-electron chi connectivity index (χ1n) is 6.35. The fraction of sp³-hybridized carbons (Fsp3) is 0.133. The van der Waals surface area contributed by atoms with Crippen molar-refractivity contribution in [1.29, 1.82) is 0 Å². The van der Waals surface area contributed by atoms with E-state index >= 15 is 0 Å². The van der Waals surface area contributed by atoms with E-state index in [-0.39, 0.29) is 29.5 Å². The number of aromatic nitrogens is 1. The molecule has 0 aliphatic heterocycles. The molecule has 108 valence electrons. The molecule has 0 saturated carbocycles. The van der Waals surface area contributed by atoms with Crippen molar-refractivity contribution in [2.24, 2.45) is 0 Å². The average Bonchev–Trinajstić information content (AvgIpc) is 2.47. The smallest absolute Gasteiger partial charge is 0.254 e. The van der Waals surface area contributed by atoms with Crippen molar-refractivity contribution in [2.45, 2.75) is 0 Å². The summed E-state index contributed by atoms with van der Waals surface area (Å²) in [6.45, 7) is -0.0967. The van der Waals surface area contributed by atoms with Crippen LogP contribution >= 0.6 is 0 Å². The molecule has 2 aromatic rings. The number of amides is 2. The molecule has 2 amide bonds. The Morgan fingerprint density at radius 1 is 1.19 bits per heavy atom. The highest BCUT2D eigenvalue weighted by atomic mass is 16.2. The van der Waals surface area contributed by atoms with Gasteiger partial charge in [-0.2, -0.15) is 0 Å². The number of H-pyrrole nitrogens is 1. The molecule has 0 fully saturated rings. The van der Waals surface area contributed by atoms with Gasteiger partial charge in [-0.3, -0.25) is 14.4 Å². The van der Waals surface area contributed by atoms with E-state index in [1.54, 1.807) is 24.3 Å². The third-order valence-electron chi connectivity index (χ3n) is 2.81. The second-order valence-electron chi connectivity index (χ2n) is 4.52. The predicted octanol–water partition coefficient (Wildman–Crippen LogP) is 1.09. The predicted molar refractivity (Wildman–Crippen MR) is 79.1 cm³/mol. The standard InChI is InChI=1S/C15H15N3O3/c1-18(15(21)11-7-8-16-13(19)9-11)10-14(20)17-12-5-3-2-4-6-12/h2-9H,10H2,1H3,(H,16,19)(H,17,20). The van der Waals surface area contributed by atoms with Gasteiger partial charge in [-0.15, -0.1) is 0 Å². The number of rotatable bonds is 4. The zero-order valence-corrected chi connectivity index (χ0v) is 11.5. The van der Waals surface area contributed by atoms with Gasteiger partial charge in [-0.05, 0) is 18.2 Å². The first-order valence-corrected chi connectivity index (χ1v) is 6.35. The van der Waals surface area contributed by atoms with Gasteiger partial charge < -0.3 is 15.2 Å². The van der Waals surface area contributed by atoms with Gasteiger partial charge in [-0.25, -0.2) is 0 Å². The van der Waals surface area contributed by atoms with Crippen LogP contribution in [0.1, 0.15) is 10.4 Å². The van der Waals surface area contributed by atoms with Crippen molar-refractivity contribution in [3.63, 3.8) is 0 Å². The van der Waals surface area contributed by atoms with Crippen LogP contribution in [0.2, 0.25) is 0 Å². The van der Waals surface area contributed by atoms with Crippen LogP contribution in [0.3, 0.4) is 0 Å². The minimum Gasteiger partial charge on any atom is -0.332 e. The fourth-order valence-electron chi connectivity index (χ4n) is 1.81. The summed E-state index contributed by atoms with van der Waals surface area (Å²) in [5.74, 6) is -0.689. The van der Waals surface area contributed by atoms with Crippen molar-refractivity contribution in [2.75, 3.05) is 18.9 Å². The molecule has 6 heteroatoms. The van der Waals surface area contributed by atoms with Crippen LogP contribution in [-0.2, 0) is 4.79 Å². The molecule has 0 aliphatic carbocycles. The molecule has 6 nitrogen and oxygen atoms in total. The number of nitrogens with zero attached hydrogens (tertiary/aromatic N) is 1. The number of para-hydroxylation sites is 1. The molecule has 0 aliphatic rings. The highest BCUT2D eigenvalue weighted by Gasteiger charge is 2.15. The van der Waals surface area contributed by atoms with E-state index in [4.69, 9.17) is 0 Å². The molecule has 0 saturated heterocycles. The Balaban J connectivity index is 1.97. The summed E-state index contributed by atoms with van der Waals surface area (Å²) >= 11 is 0. The van der Waals surface area contributed by atoms with E-state index in [0.717, 1.165) is 0 Å². The Kier molecular flexibility index (Phi) is 4.50. The highest BCUT2D eigenvalue weighted by molar-refractivity contribution is 5.99. The van der Waals surface area contributed by atoms with E-state index < -0.39 is 0 Å². The Labute approximate surface area is 121 Å². The first-order chi connectivity index (χ1) is 10.1. The van der Waals surface area contributed by atoms with Crippen molar-refractivity contribution >= 4 is 17.5 Å². The number of carbonyl (C=O) groups is 2. The molecule has 2 rings (SSSR count). The number of nitrogens with one attached hydrogen (secondary N) is 2. The van der Waals surface area contributed by atoms with Crippen LogP contribution < -0.4 is 10.9 Å². The summed E-state index contributed by atoms with van der Waals surface area (Å²) in [6, 6.07) is 11.7. The molecule has 0 radical (unpaired) electrons. The number of anilines is 1. The second kappa shape index (κ2) is 6.51. The summed E-state index contributed by atoms with van der Waals surface area (Å²) in [5.41, 5.74) is 0.552. The molecule has 0 bridgehead atoms. The molecule has 0 spiro atoms. The molecule has 1 aromatic carbocycles. The molecule has 0 unspecified atom stereocenters. The average molecular weight is 285 g/mol. The van der Waals surface area contributed by atoms with Gasteiger partial charge in [0.1, 0.15) is 0 Å². The van der Waals surface area contributed by atoms with Gasteiger partial charge >= 0.3 is 0 Å². The first kappa shape index (κ1) is 14.5. The molecule has 0 atom stereocenters. The van der Waals surface area contributed by atoms with Gasteiger partial charge in [-0.1, -0.05) is 18.2 Å². The number of hydrogen-bond donors (Lipinski definition) is 2. The minimum absolute atomic E-state index is 0.0967. The topological polar surface area (TPSA) is 82.3 Å². The van der Waals surface area contributed by atoms with E-state index in [9.17, 15) is 14.4 Å². The minimum atomic E-state index is -0.385. The summed E-state index contributed by atoms with van der Waals surface area (Å²) < 4.78 is 0. The number of benzene rings is 1. The lowest BCUT2D eigenvalue weighted by Gasteiger charge is -2.16. The van der Waals surface area contributed by atoms with Gasteiger partial charge in [0.25, 0.3) is 5.91 Å². The second-order valence-corrected chi connectivity index (χ2v) is 4.52. The van der Waals surface area contributed by atoms with Crippen molar-refractivity contribution in [3.05, 3.63) is 64.6 Å². The summed E-state index contributed by atoms with van der Waals surface area (Å²) in [6.07, 6.45) is 1.40. The van der Waals surface area contributed by atoms with Crippen LogP contribution in [-0.4, -0.2) is 35.3 Å². The summed E-state index contributed by atoms with van der Waals surface area (Å²) in [7, 11) is 1.51. The van der Waals surface area contributed by atoms with E-state index in [2.05, 4.69) is 10.3 Å². The fourth-order valence-corrected chi connectivity index (χ4v) is 1.81. The summed E-state index contributed by atoms with van der Waals surface area (Å²) in [4.78, 5) is 38.8. The Hall–Kier alpha value is -2.89.